The van der Waals surface area contributed by atoms with Crippen LogP contribution in [0.15, 0.2) is 6.20 Å². The van der Waals surface area contributed by atoms with Crippen LogP contribution in [0.2, 0.25) is 0 Å². The molecule has 1 aromatic heterocycles. The fourth-order valence-electron chi connectivity index (χ4n) is 1.31. The summed E-state index contributed by atoms with van der Waals surface area (Å²) >= 11 is 0. The van der Waals surface area contributed by atoms with E-state index >= 15 is 0 Å². The van der Waals surface area contributed by atoms with Gasteiger partial charge in [-0.15, -0.1) is 0 Å². The van der Waals surface area contributed by atoms with Gasteiger partial charge in [-0.05, 0) is 12.8 Å². The molecule has 0 unspecified atom stereocenters. The molecule has 15 heavy (non-hydrogen) atoms. The second-order valence-electron chi connectivity index (χ2n) is 3.46. The van der Waals surface area contributed by atoms with Gasteiger partial charge in [-0.3, -0.25) is 9.48 Å². The first-order chi connectivity index (χ1) is 6.89. The molecule has 0 aromatic carbocycles. The number of carbonyl (C=O) groups excluding carboxylic acids is 1. The molecule has 0 saturated heterocycles. The number of carbonyl (C=O) groups is 1. The third-order valence-corrected chi connectivity index (χ3v) is 2.19. The highest BCUT2D eigenvalue weighted by Gasteiger charge is 2.40. The Morgan fingerprint density at radius 3 is 2.47 bits per heavy atom. The average molecular weight is 219 g/mol. The van der Waals surface area contributed by atoms with E-state index in [9.17, 15) is 18.0 Å². The van der Waals surface area contributed by atoms with Gasteiger partial charge in [-0.2, -0.15) is 18.3 Å². The number of nitrogens with zero attached hydrogens (tertiary/aromatic N) is 2. The van der Waals surface area contributed by atoms with Gasteiger partial charge in [0.1, 0.15) is 0 Å². The predicted molar refractivity (Wildman–Crippen MR) is 44.0 cm³/mol. The highest BCUT2D eigenvalue weighted by molar-refractivity contribution is 5.93. The maximum Gasteiger partial charge on any atom is 0.435 e. The summed E-state index contributed by atoms with van der Waals surface area (Å²) in [5.41, 5.74) is 3.10. The lowest BCUT2D eigenvalue weighted by Crippen LogP contribution is -2.17. The molecule has 4 nitrogen and oxygen atoms in total. The van der Waals surface area contributed by atoms with Crippen molar-refractivity contribution >= 4 is 5.91 Å². The average Bonchev–Trinajstić information content (AvgIpc) is 2.81. The minimum absolute atomic E-state index is 0.0146. The molecule has 0 spiro atoms. The molecule has 0 atom stereocenters. The summed E-state index contributed by atoms with van der Waals surface area (Å²) in [4.78, 5) is 10.8. The van der Waals surface area contributed by atoms with Gasteiger partial charge < -0.3 is 5.73 Å². The van der Waals surface area contributed by atoms with Crippen LogP contribution in [0.4, 0.5) is 13.2 Å². The van der Waals surface area contributed by atoms with E-state index in [2.05, 4.69) is 5.10 Å². The monoisotopic (exact) mass is 219 g/mol. The Labute approximate surface area is 82.9 Å². The number of primary amides is 1. The van der Waals surface area contributed by atoms with Gasteiger partial charge in [0.05, 0.1) is 11.6 Å². The maximum atomic E-state index is 12.4. The van der Waals surface area contributed by atoms with E-state index in [1.165, 1.54) is 4.68 Å². The van der Waals surface area contributed by atoms with E-state index in [4.69, 9.17) is 5.73 Å². The van der Waals surface area contributed by atoms with Crippen molar-refractivity contribution in [3.05, 3.63) is 17.5 Å². The number of amides is 1. The first-order valence-corrected chi connectivity index (χ1v) is 4.35. The van der Waals surface area contributed by atoms with E-state index in [-0.39, 0.29) is 6.04 Å². The standard InChI is InChI=1S/C8H8F3N3O/c9-8(10,11)6-5(7(12)15)3-14(13-6)4-1-2-4/h3-4H,1-2H2,(H2,12,15). The Balaban J connectivity index is 2.46. The first kappa shape index (κ1) is 10.0. The molecule has 1 aliphatic carbocycles. The second kappa shape index (κ2) is 2.98. The Hall–Kier alpha value is -1.53. The van der Waals surface area contributed by atoms with E-state index in [1.54, 1.807) is 0 Å². The third kappa shape index (κ3) is 1.81. The molecule has 2 rings (SSSR count). The third-order valence-electron chi connectivity index (χ3n) is 2.19. The summed E-state index contributed by atoms with van der Waals surface area (Å²) in [6.07, 6.45) is -1.98. The number of rotatable bonds is 2. The number of hydrogen-bond donors (Lipinski definition) is 1. The zero-order chi connectivity index (χ0) is 11.2. The van der Waals surface area contributed by atoms with Gasteiger partial charge in [0.25, 0.3) is 5.91 Å². The van der Waals surface area contributed by atoms with Crippen LogP contribution >= 0.6 is 0 Å². The van der Waals surface area contributed by atoms with Crippen molar-refractivity contribution < 1.29 is 18.0 Å². The fourth-order valence-corrected chi connectivity index (χ4v) is 1.31. The SMILES string of the molecule is NC(=O)c1cn(C2CC2)nc1C(F)(F)F. The summed E-state index contributed by atoms with van der Waals surface area (Å²) in [7, 11) is 0. The second-order valence-corrected chi connectivity index (χ2v) is 3.46. The smallest absolute Gasteiger partial charge is 0.365 e. The Bertz CT molecular complexity index is 406. The largest absolute Gasteiger partial charge is 0.435 e. The highest BCUT2D eigenvalue weighted by atomic mass is 19.4. The fraction of sp³-hybridized carbons (Fsp3) is 0.500. The minimum atomic E-state index is -4.63. The van der Waals surface area contributed by atoms with Crippen molar-refractivity contribution in [1.29, 1.82) is 0 Å². The lowest BCUT2D eigenvalue weighted by molar-refractivity contribution is -0.141. The van der Waals surface area contributed by atoms with Crippen LogP contribution < -0.4 is 5.73 Å². The molecule has 1 fully saturated rings. The van der Waals surface area contributed by atoms with Gasteiger partial charge in [0.2, 0.25) is 0 Å². The van der Waals surface area contributed by atoms with Crippen LogP contribution in [0.5, 0.6) is 0 Å². The molecule has 1 aliphatic rings. The normalized spacial score (nSPS) is 16.7. The van der Waals surface area contributed by atoms with Gasteiger partial charge >= 0.3 is 6.18 Å². The summed E-state index contributed by atoms with van der Waals surface area (Å²) in [6, 6.07) is -0.0146. The van der Waals surface area contributed by atoms with E-state index in [0.29, 0.717) is 0 Å². The van der Waals surface area contributed by atoms with E-state index < -0.39 is 23.3 Å². The predicted octanol–water partition coefficient (Wildman–Crippen LogP) is 1.34. The van der Waals surface area contributed by atoms with Crippen LogP contribution in [-0.4, -0.2) is 15.7 Å². The van der Waals surface area contributed by atoms with Gasteiger partial charge in [0, 0.05) is 6.20 Å². The molecule has 1 amide bonds. The summed E-state index contributed by atoms with van der Waals surface area (Å²) in [6.45, 7) is 0. The van der Waals surface area contributed by atoms with Crippen LogP contribution in [-0.2, 0) is 6.18 Å². The van der Waals surface area contributed by atoms with Crippen molar-refractivity contribution in [2.75, 3.05) is 0 Å². The van der Waals surface area contributed by atoms with E-state index in [0.717, 1.165) is 19.0 Å². The van der Waals surface area contributed by atoms with Crippen molar-refractivity contribution in [3.8, 4) is 0 Å². The number of aromatic nitrogens is 2. The van der Waals surface area contributed by atoms with Crippen LogP contribution in [0, 0.1) is 0 Å². The quantitative estimate of drug-likeness (QED) is 0.815. The number of alkyl halides is 3. The van der Waals surface area contributed by atoms with Crippen molar-refractivity contribution in [2.24, 2.45) is 5.73 Å². The van der Waals surface area contributed by atoms with E-state index in [1.807, 2.05) is 0 Å². The number of hydrogen-bond acceptors (Lipinski definition) is 2. The molecule has 1 heterocycles. The van der Waals surface area contributed by atoms with Crippen LogP contribution in [0.1, 0.15) is 34.9 Å². The molecule has 2 N–H and O–H groups in total. The molecule has 0 bridgehead atoms. The molecule has 82 valence electrons. The zero-order valence-electron chi connectivity index (χ0n) is 7.58. The van der Waals surface area contributed by atoms with Gasteiger partial charge in [-0.1, -0.05) is 0 Å². The van der Waals surface area contributed by atoms with Gasteiger partial charge in [-0.25, -0.2) is 0 Å². The van der Waals surface area contributed by atoms with Crippen molar-refractivity contribution in [3.63, 3.8) is 0 Å². The molecule has 0 aliphatic heterocycles. The van der Waals surface area contributed by atoms with Crippen molar-refractivity contribution in [1.82, 2.24) is 9.78 Å². The minimum Gasteiger partial charge on any atom is -0.365 e. The molecular formula is C8H8F3N3O. The Morgan fingerprint density at radius 2 is 2.13 bits per heavy atom. The zero-order valence-corrected chi connectivity index (χ0v) is 7.58. The highest BCUT2D eigenvalue weighted by Crippen LogP contribution is 2.37. The Morgan fingerprint density at radius 1 is 1.53 bits per heavy atom. The number of nitrogens with two attached hydrogens (primary N) is 1. The lowest BCUT2D eigenvalue weighted by Gasteiger charge is -2.02. The van der Waals surface area contributed by atoms with Crippen molar-refractivity contribution in [2.45, 2.75) is 25.1 Å². The molecule has 0 radical (unpaired) electrons. The maximum absolute atomic E-state index is 12.4. The number of halogens is 3. The summed E-state index contributed by atoms with van der Waals surface area (Å²) in [5.74, 6) is -1.10. The molecule has 1 aromatic rings. The Kier molecular flexibility index (Phi) is 1.99. The van der Waals surface area contributed by atoms with Crippen LogP contribution in [0.3, 0.4) is 0 Å². The summed E-state index contributed by atoms with van der Waals surface area (Å²) in [5, 5.41) is 3.36. The molecular weight excluding hydrogens is 211 g/mol. The summed E-state index contributed by atoms with van der Waals surface area (Å²) < 4.78 is 38.4. The van der Waals surface area contributed by atoms with Crippen LogP contribution in [0.25, 0.3) is 0 Å². The van der Waals surface area contributed by atoms with Gasteiger partial charge in [0.15, 0.2) is 5.69 Å². The first-order valence-electron chi connectivity index (χ1n) is 4.35. The topological polar surface area (TPSA) is 60.9 Å². The molecule has 1 saturated carbocycles. The lowest BCUT2D eigenvalue weighted by atomic mass is 10.2. The molecule has 7 heteroatoms.